The fraction of sp³-hybridized carbons (Fsp3) is 0.316. The highest BCUT2D eigenvalue weighted by Crippen LogP contribution is 2.38. The number of aromatic amines is 1. The van der Waals surface area contributed by atoms with Gasteiger partial charge in [-0.25, -0.2) is 0 Å². The summed E-state index contributed by atoms with van der Waals surface area (Å²) in [6, 6.07) is 9.96. The maximum Gasteiger partial charge on any atom is 0.172 e. The van der Waals surface area contributed by atoms with E-state index in [0.717, 1.165) is 17.0 Å². The largest absolute Gasteiger partial charge is 0.371 e. The second-order valence-electron chi connectivity index (χ2n) is 6.38. The molecule has 3 rings (SSSR count). The fourth-order valence-electron chi connectivity index (χ4n) is 3.33. The van der Waals surface area contributed by atoms with Gasteiger partial charge in [0, 0.05) is 23.8 Å². The third-order valence-electron chi connectivity index (χ3n) is 4.83. The summed E-state index contributed by atoms with van der Waals surface area (Å²) < 4.78 is 0. The maximum atomic E-state index is 10.5. The standard InChI is InChI=1S/C19H20N6O2/c1-10-14(8-20)17(15(9-21)11(2)22-10)12-5-6-16-13(7-12)18(24-23-16)19(26)25(3)27-4/h5-7,17,19,22,26H,1-4H3,(H,23,24). The molecule has 0 spiro atoms. The first-order valence-corrected chi connectivity index (χ1v) is 8.34. The van der Waals surface area contributed by atoms with E-state index < -0.39 is 12.1 Å². The average Bonchev–Trinajstić information content (AvgIpc) is 3.09. The number of dihydropyridines is 1. The van der Waals surface area contributed by atoms with Crippen molar-refractivity contribution in [3.63, 3.8) is 0 Å². The molecule has 0 radical (unpaired) electrons. The van der Waals surface area contributed by atoms with Crippen LogP contribution in [-0.4, -0.2) is 34.5 Å². The van der Waals surface area contributed by atoms with Crippen LogP contribution in [0.4, 0.5) is 0 Å². The van der Waals surface area contributed by atoms with E-state index in [0.29, 0.717) is 27.7 Å². The highest BCUT2D eigenvalue weighted by Gasteiger charge is 2.30. The van der Waals surface area contributed by atoms with Gasteiger partial charge in [0.25, 0.3) is 0 Å². The summed E-state index contributed by atoms with van der Waals surface area (Å²) >= 11 is 0. The van der Waals surface area contributed by atoms with Crippen LogP contribution in [0.25, 0.3) is 10.9 Å². The number of H-pyrrole nitrogens is 1. The van der Waals surface area contributed by atoms with Gasteiger partial charge < -0.3 is 10.4 Å². The van der Waals surface area contributed by atoms with Crippen LogP contribution in [0.15, 0.2) is 40.7 Å². The van der Waals surface area contributed by atoms with E-state index in [1.165, 1.54) is 12.2 Å². The molecule has 1 aliphatic rings. The second-order valence-corrected chi connectivity index (χ2v) is 6.38. The molecule has 2 heterocycles. The van der Waals surface area contributed by atoms with E-state index in [-0.39, 0.29) is 0 Å². The molecule has 1 atom stereocenters. The van der Waals surface area contributed by atoms with E-state index >= 15 is 0 Å². The number of benzene rings is 1. The van der Waals surface area contributed by atoms with Gasteiger partial charge in [0.15, 0.2) is 6.23 Å². The smallest absolute Gasteiger partial charge is 0.172 e. The molecule has 3 N–H and O–H groups in total. The van der Waals surface area contributed by atoms with Crippen molar-refractivity contribution >= 4 is 10.9 Å². The monoisotopic (exact) mass is 364 g/mol. The summed E-state index contributed by atoms with van der Waals surface area (Å²) in [6.45, 7) is 3.64. The number of nitrogens with one attached hydrogen (secondary N) is 2. The SMILES string of the molecule is CON(C)C(O)c1[nH]nc2ccc(C3C(C#N)=C(C)NC(C)=C3C#N)cc12. The van der Waals surface area contributed by atoms with E-state index in [1.807, 2.05) is 26.0 Å². The van der Waals surface area contributed by atoms with Gasteiger partial charge in [-0.2, -0.15) is 20.7 Å². The lowest BCUT2D eigenvalue weighted by atomic mass is 9.81. The van der Waals surface area contributed by atoms with Gasteiger partial charge in [0.2, 0.25) is 0 Å². The number of hydrogen-bond acceptors (Lipinski definition) is 7. The van der Waals surface area contributed by atoms with E-state index in [9.17, 15) is 15.6 Å². The quantitative estimate of drug-likeness (QED) is 0.562. The summed E-state index contributed by atoms with van der Waals surface area (Å²) in [5, 5.41) is 41.9. The number of nitrogens with zero attached hydrogens (tertiary/aromatic N) is 4. The molecular weight excluding hydrogens is 344 g/mol. The first kappa shape index (κ1) is 18.6. The lowest BCUT2D eigenvalue weighted by molar-refractivity contribution is -0.207. The number of hydroxylamine groups is 2. The van der Waals surface area contributed by atoms with Crippen molar-refractivity contribution < 1.29 is 9.94 Å². The highest BCUT2D eigenvalue weighted by molar-refractivity contribution is 5.83. The van der Waals surface area contributed by atoms with Crippen molar-refractivity contribution in [1.82, 2.24) is 20.6 Å². The van der Waals surface area contributed by atoms with Gasteiger partial charge in [0.1, 0.15) is 0 Å². The Morgan fingerprint density at radius 3 is 2.41 bits per heavy atom. The van der Waals surface area contributed by atoms with Crippen molar-refractivity contribution in [3.8, 4) is 12.1 Å². The average molecular weight is 364 g/mol. The molecule has 8 nitrogen and oxygen atoms in total. The van der Waals surface area contributed by atoms with Crippen LogP contribution in [0, 0.1) is 22.7 Å². The van der Waals surface area contributed by atoms with Gasteiger partial charge in [-0.3, -0.25) is 9.94 Å². The van der Waals surface area contributed by atoms with Crippen molar-refractivity contribution in [2.24, 2.45) is 0 Å². The zero-order valence-corrected chi connectivity index (χ0v) is 15.5. The minimum absolute atomic E-state index is 0.467. The lowest BCUT2D eigenvalue weighted by Crippen LogP contribution is -2.24. The van der Waals surface area contributed by atoms with E-state index in [4.69, 9.17) is 4.84 Å². The molecule has 0 amide bonds. The highest BCUT2D eigenvalue weighted by atomic mass is 16.7. The van der Waals surface area contributed by atoms with Gasteiger partial charge in [-0.1, -0.05) is 6.07 Å². The molecular formula is C19H20N6O2. The summed E-state index contributed by atoms with van der Waals surface area (Å²) in [5.74, 6) is -0.467. The number of allylic oxidation sites excluding steroid dienone is 4. The molecule has 0 bridgehead atoms. The first-order chi connectivity index (χ1) is 12.9. The predicted octanol–water partition coefficient (Wildman–Crippen LogP) is 2.33. The molecule has 1 unspecified atom stereocenters. The van der Waals surface area contributed by atoms with E-state index in [1.54, 1.807) is 13.1 Å². The Kier molecular flexibility index (Phi) is 4.98. The maximum absolute atomic E-state index is 10.5. The first-order valence-electron chi connectivity index (χ1n) is 8.34. The fourth-order valence-corrected chi connectivity index (χ4v) is 3.33. The number of nitriles is 2. The van der Waals surface area contributed by atoms with Crippen molar-refractivity contribution in [2.45, 2.75) is 26.0 Å². The Labute approximate surface area is 156 Å². The number of hydrogen-bond donors (Lipinski definition) is 3. The van der Waals surface area contributed by atoms with Crippen LogP contribution in [0.2, 0.25) is 0 Å². The second kappa shape index (κ2) is 7.22. The van der Waals surface area contributed by atoms with Crippen LogP contribution < -0.4 is 5.32 Å². The molecule has 0 aliphatic carbocycles. The van der Waals surface area contributed by atoms with E-state index in [2.05, 4.69) is 27.7 Å². The summed E-state index contributed by atoms with van der Waals surface area (Å²) in [5.41, 5.74) is 4.38. The number of fused-ring (bicyclic) bond motifs is 1. The zero-order chi connectivity index (χ0) is 19.7. The summed E-state index contributed by atoms with van der Waals surface area (Å²) in [4.78, 5) is 5.05. The normalized spacial score (nSPS) is 16.4. The third-order valence-corrected chi connectivity index (χ3v) is 4.83. The van der Waals surface area contributed by atoms with Gasteiger partial charge in [-0.15, -0.1) is 0 Å². The molecule has 2 aromatic rings. The van der Waals surface area contributed by atoms with Crippen LogP contribution >= 0.6 is 0 Å². The molecule has 0 saturated carbocycles. The molecule has 27 heavy (non-hydrogen) atoms. The van der Waals surface area contributed by atoms with Gasteiger partial charge >= 0.3 is 0 Å². The Hall–Kier alpha value is -3.17. The van der Waals surface area contributed by atoms with Crippen molar-refractivity contribution in [3.05, 3.63) is 52.0 Å². The summed E-state index contributed by atoms with van der Waals surface area (Å²) in [6.07, 6.45) is -1.04. The number of aromatic nitrogens is 2. The van der Waals surface area contributed by atoms with Crippen LogP contribution in [0.3, 0.4) is 0 Å². The summed E-state index contributed by atoms with van der Waals surface area (Å²) in [7, 11) is 3.07. The molecule has 0 saturated heterocycles. The molecule has 8 heteroatoms. The van der Waals surface area contributed by atoms with Crippen LogP contribution in [0.1, 0.15) is 37.3 Å². The molecule has 1 aromatic heterocycles. The van der Waals surface area contributed by atoms with Crippen LogP contribution in [0.5, 0.6) is 0 Å². The topological polar surface area (TPSA) is 121 Å². The van der Waals surface area contributed by atoms with Crippen molar-refractivity contribution in [1.29, 1.82) is 10.5 Å². The Bertz CT molecular complexity index is 1000. The molecule has 1 aromatic carbocycles. The zero-order valence-electron chi connectivity index (χ0n) is 15.5. The van der Waals surface area contributed by atoms with Gasteiger partial charge in [0.05, 0.1) is 47.5 Å². The van der Waals surface area contributed by atoms with Crippen LogP contribution in [-0.2, 0) is 4.84 Å². The number of rotatable bonds is 4. The Morgan fingerprint density at radius 1 is 1.22 bits per heavy atom. The lowest BCUT2D eigenvalue weighted by Gasteiger charge is -2.26. The number of aliphatic hydroxyl groups is 1. The Balaban J connectivity index is 2.18. The third kappa shape index (κ3) is 3.07. The molecule has 138 valence electrons. The van der Waals surface area contributed by atoms with Crippen molar-refractivity contribution in [2.75, 3.05) is 14.2 Å². The van der Waals surface area contributed by atoms with Gasteiger partial charge in [-0.05, 0) is 31.5 Å². The predicted molar refractivity (Wildman–Crippen MR) is 98.3 cm³/mol. The Morgan fingerprint density at radius 2 is 1.85 bits per heavy atom. The molecule has 1 aliphatic heterocycles. The minimum atomic E-state index is -1.04. The minimum Gasteiger partial charge on any atom is -0.371 e. The number of aliphatic hydroxyl groups excluding tert-OH is 1. The molecule has 0 fully saturated rings.